The summed E-state index contributed by atoms with van der Waals surface area (Å²) in [7, 11) is -2.48. The fourth-order valence-electron chi connectivity index (χ4n) is 1.88. The van der Waals surface area contributed by atoms with Crippen LogP contribution in [0.25, 0.3) is 0 Å². The van der Waals surface area contributed by atoms with E-state index in [4.69, 9.17) is 14.4 Å². The van der Waals surface area contributed by atoms with Gasteiger partial charge in [0.1, 0.15) is 5.75 Å². The van der Waals surface area contributed by atoms with Crippen molar-refractivity contribution in [3.05, 3.63) is 35.5 Å². The molecule has 0 amide bonds. The third-order valence-corrected chi connectivity index (χ3v) is 4.29. The van der Waals surface area contributed by atoms with E-state index in [-0.39, 0.29) is 29.3 Å². The highest BCUT2D eigenvalue weighted by Crippen LogP contribution is 2.23. The van der Waals surface area contributed by atoms with Gasteiger partial charge >= 0.3 is 5.97 Å². The number of sulfonamides is 1. The van der Waals surface area contributed by atoms with Gasteiger partial charge in [-0.2, -0.15) is 4.98 Å². The zero-order valence-electron chi connectivity index (χ0n) is 12.4. The van der Waals surface area contributed by atoms with Crippen molar-refractivity contribution in [1.82, 2.24) is 14.9 Å². The van der Waals surface area contributed by atoms with Gasteiger partial charge in [0.05, 0.1) is 25.0 Å². The third-order valence-electron chi connectivity index (χ3n) is 2.89. The fraction of sp³-hybridized carbons (Fsp3) is 0.308. The molecule has 0 spiro atoms. The largest absolute Gasteiger partial charge is 0.496 e. The number of hydrogen-bond acceptors (Lipinski definition) is 7. The number of aromatic nitrogens is 2. The molecule has 0 bridgehead atoms. The normalized spacial score (nSPS) is 11.4. The van der Waals surface area contributed by atoms with E-state index < -0.39 is 16.0 Å². The van der Waals surface area contributed by atoms with Crippen LogP contribution in [0.1, 0.15) is 17.3 Å². The topological polar surface area (TPSA) is 132 Å². The summed E-state index contributed by atoms with van der Waals surface area (Å²) in [6, 6.07) is 3.99. The summed E-state index contributed by atoms with van der Waals surface area (Å²) in [6.45, 7) is 1.45. The molecule has 0 atom stereocenters. The summed E-state index contributed by atoms with van der Waals surface area (Å²) in [4.78, 5) is 14.7. The van der Waals surface area contributed by atoms with Gasteiger partial charge in [-0.3, -0.25) is 4.79 Å². The maximum atomic E-state index is 12.3. The lowest BCUT2D eigenvalue weighted by molar-refractivity contribution is -0.136. The molecule has 0 radical (unpaired) electrons. The Balaban J connectivity index is 2.23. The van der Waals surface area contributed by atoms with Crippen LogP contribution in [0.5, 0.6) is 5.75 Å². The second kappa shape index (κ2) is 6.75. The Morgan fingerprint density at radius 2 is 2.17 bits per heavy atom. The number of nitrogens with zero attached hydrogens (tertiary/aromatic N) is 2. The molecule has 1 aromatic heterocycles. The van der Waals surface area contributed by atoms with Gasteiger partial charge in [0.25, 0.3) is 0 Å². The van der Waals surface area contributed by atoms with Gasteiger partial charge in [-0.25, -0.2) is 13.1 Å². The quantitative estimate of drug-likeness (QED) is 0.744. The Morgan fingerprint density at radius 1 is 1.43 bits per heavy atom. The lowest BCUT2D eigenvalue weighted by atomic mass is 10.1. The standard InChI is InChI=1S/C13H15N3O6S/c1-8-15-12(22-16-8)7-14-23(19,20)10-3-4-11(21-2)9(5-10)6-13(17)18/h3-5,14H,6-7H2,1-2H3,(H,17,18). The van der Waals surface area contributed by atoms with Crippen molar-refractivity contribution in [2.45, 2.75) is 24.8 Å². The van der Waals surface area contributed by atoms with Gasteiger partial charge in [-0.1, -0.05) is 5.16 Å². The number of aryl methyl sites for hydroxylation is 1. The predicted octanol–water partition coefficient (Wildman–Crippen LogP) is 0.492. The van der Waals surface area contributed by atoms with Crippen molar-refractivity contribution >= 4 is 16.0 Å². The summed E-state index contributed by atoms with van der Waals surface area (Å²) in [5, 5.41) is 12.4. The number of carboxylic acids is 1. The molecule has 0 fully saturated rings. The second-order valence-corrected chi connectivity index (χ2v) is 6.37. The number of benzene rings is 1. The van der Waals surface area contributed by atoms with Gasteiger partial charge in [0.2, 0.25) is 15.9 Å². The zero-order valence-corrected chi connectivity index (χ0v) is 13.3. The van der Waals surface area contributed by atoms with E-state index in [1.54, 1.807) is 6.92 Å². The molecule has 0 unspecified atom stereocenters. The summed E-state index contributed by atoms with van der Waals surface area (Å²) >= 11 is 0. The van der Waals surface area contributed by atoms with Gasteiger partial charge in [0, 0.05) is 5.56 Å². The van der Waals surface area contributed by atoms with Crippen molar-refractivity contribution < 1.29 is 27.6 Å². The monoisotopic (exact) mass is 341 g/mol. The van der Waals surface area contributed by atoms with E-state index in [2.05, 4.69) is 14.9 Å². The zero-order chi connectivity index (χ0) is 17.0. The van der Waals surface area contributed by atoms with Crippen LogP contribution in [0.15, 0.2) is 27.6 Å². The number of ether oxygens (including phenoxy) is 1. The highest BCUT2D eigenvalue weighted by molar-refractivity contribution is 7.89. The average molecular weight is 341 g/mol. The van der Waals surface area contributed by atoms with Crippen LogP contribution in [0, 0.1) is 6.92 Å². The molecule has 10 heteroatoms. The number of rotatable bonds is 7. The highest BCUT2D eigenvalue weighted by Gasteiger charge is 2.18. The lowest BCUT2D eigenvalue weighted by Crippen LogP contribution is -2.23. The lowest BCUT2D eigenvalue weighted by Gasteiger charge is -2.10. The minimum atomic E-state index is -3.86. The molecule has 0 saturated heterocycles. The Kier molecular flexibility index (Phi) is 4.96. The molecule has 1 aromatic carbocycles. The molecule has 0 aliphatic carbocycles. The van der Waals surface area contributed by atoms with E-state index in [9.17, 15) is 13.2 Å². The maximum Gasteiger partial charge on any atom is 0.307 e. The number of nitrogens with one attached hydrogen (secondary N) is 1. The first-order valence-corrected chi connectivity index (χ1v) is 7.97. The minimum absolute atomic E-state index is 0.0780. The molecule has 2 rings (SSSR count). The molecular weight excluding hydrogens is 326 g/mol. The van der Waals surface area contributed by atoms with Crippen LogP contribution in [-0.4, -0.2) is 36.7 Å². The van der Waals surface area contributed by atoms with Gasteiger partial charge in [-0.05, 0) is 25.1 Å². The molecule has 124 valence electrons. The molecule has 0 saturated carbocycles. The summed E-state index contributed by atoms with van der Waals surface area (Å²) in [5.41, 5.74) is 0.261. The number of hydrogen-bond donors (Lipinski definition) is 2. The summed E-state index contributed by atoms with van der Waals surface area (Å²) < 4.78 is 36.7. The first kappa shape index (κ1) is 16.9. The summed E-state index contributed by atoms with van der Waals surface area (Å²) in [6.07, 6.45) is -0.352. The van der Waals surface area contributed by atoms with E-state index in [0.29, 0.717) is 11.6 Å². The van der Waals surface area contributed by atoms with Crippen molar-refractivity contribution in [3.8, 4) is 5.75 Å². The first-order chi connectivity index (χ1) is 10.8. The first-order valence-electron chi connectivity index (χ1n) is 6.49. The number of methoxy groups -OCH3 is 1. The SMILES string of the molecule is COc1ccc(S(=O)(=O)NCc2nc(C)no2)cc1CC(=O)O. The highest BCUT2D eigenvalue weighted by atomic mass is 32.2. The van der Waals surface area contributed by atoms with E-state index >= 15 is 0 Å². The second-order valence-electron chi connectivity index (χ2n) is 4.60. The Hall–Kier alpha value is -2.46. The fourth-order valence-corrected chi connectivity index (χ4v) is 2.90. The van der Waals surface area contributed by atoms with Crippen LogP contribution in [-0.2, 0) is 27.8 Å². The minimum Gasteiger partial charge on any atom is -0.496 e. The third kappa shape index (κ3) is 4.27. The molecular formula is C13H15N3O6S. The molecule has 0 aliphatic heterocycles. The smallest absolute Gasteiger partial charge is 0.307 e. The van der Waals surface area contributed by atoms with E-state index in [0.717, 1.165) is 0 Å². The van der Waals surface area contributed by atoms with Crippen molar-refractivity contribution in [2.75, 3.05) is 7.11 Å². The Bertz CT molecular complexity index is 815. The maximum absolute atomic E-state index is 12.3. The molecule has 1 heterocycles. The van der Waals surface area contributed by atoms with Gasteiger partial charge < -0.3 is 14.4 Å². The van der Waals surface area contributed by atoms with E-state index in [1.165, 1.54) is 25.3 Å². The Morgan fingerprint density at radius 3 is 2.74 bits per heavy atom. The van der Waals surface area contributed by atoms with Crippen LogP contribution in [0.4, 0.5) is 0 Å². The molecule has 0 aliphatic rings. The van der Waals surface area contributed by atoms with Gasteiger partial charge in [-0.15, -0.1) is 0 Å². The predicted molar refractivity (Wildman–Crippen MR) is 77.4 cm³/mol. The number of carbonyl (C=O) groups is 1. The van der Waals surface area contributed by atoms with E-state index in [1.807, 2.05) is 0 Å². The van der Waals surface area contributed by atoms with Crippen LogP contribution >= 0.6 is 0 Å². The van der Waals surface area contributed by atoms with Crippen molar-refractivity contribution in [3.63, 3.8) is 0 Å². The Labute approximate surface area is 132 Å². The van der Waals surface area contributed by atoms with Crippen LogP contribution < -0.4 is 9.46 Å². The average Bonchev–Trinajstić information content (AvgIpc) is 2.90. The number of carboxylic acid groups (broad SMARTS) is 1. The van der Waals surface area contributed by atoms with Crippen LogP contribution in [0.3, 0.4) is 0 Å². The molecule has 23 heavy (non-hydrogen) atoms. The van der Waals surface area contributed by atoms with Gasteiger partial charge in [0.15, 0.2) is 5.82 Å². The molecule has 2 aromatic rings. The van der Waals surface area contributed by atoms with Crippen molar-refractivity contribution in [1.29, 1.82) is 0 Å². The number of aliphatic carboxylic acids is 1. The molecule has 9 nitrogen and oxygen atoms in total. The van der Waals surface area contributed by atoms with Crippen LogP contribution in [0.2, 0.25) is 0 Å². The summed E-state index contributed by atoms with van der Waals surface area (Å²) in [5.74, 6) is -0.260. The van der Waals surface area contributed by atoms with Crippen molar-refractivity contribution in [2.24, 2.45) is 0 Å². The molecule has 2 N–H and O–H groups in total.